The van der Waals surface area contributed by atoms with Gasteiger partial charge in [0, 0.05) is 37.8 Å². The molecule has 3 rings (SSSR count). The first-order valence-electron chi connectivity index (χ1n) is 11.7. The number of nitrogens with zero attached hydrogens (tertiary/aromatic N) is 6. The number of aryl methyl sites for hydroxylation is 1. The molecule has 0 saturated carbocycles. The Morgan fingerprint density at radius 2 is 1.97 bits per heavy atom. The molecular formula is C27H31N7O3. The van der Waals surface area contributed by atoms with Crippen LogP contribution in [0.25, 0.3) is 5.57 Å². The number of benzene rings is 2. The summed E-state index contributed by atoms with van der Waals surface area (Å²) in [6.07, 6.45) is 2.21. The molecule has 1 N–H and O–H groups in total. The van der Waals surface area contributed by atoms with Crippen LogP contribution in [0.2, 0.25) is 0 Å². The average Bonchev–Trinajstić information content (AvgIpc) is 2.90. The van der Waals surface area contributed by atoms with E-state index in [4.69, 9.17) is 4.74 Å². The number of ether oxygens (including phenoxy) is 1. The van der Waals surface area contributed by atoms with Gasteiger partial charge in [-0.1, -0.05) is 37.8 Å². The van der Waals surface area contributed by atoms with Crippen molar-refractivity contribution in [3.63, 3.8) is 0 Å². The van der Waals surface area contributed by atoms with E-state index in [9.17, 15) is 15.4 Å². The SMILES string of the molecule is C=C(c1ccccc1CC)c1nc(Nc2cc([N+](=O)[O-])c(N(C)CCN(C)C)cc2OC)ncc1C#N. The first-order chi connectivity index (χ1) is 17.7. The highest BCUT2D eigenvalue weighted by Crippen LogP contribution is 2.39. The Bertz CT molecular complexity index is 1350. The van der Waals surface area contributed by atoms with Gasteiger partial charge in [-0.3, -0.25) is 10.1 Å². The van der Waals surface area contributed by atoms with Crippen LogP contribution in [0, 0.1) is 21.4 Å². The Morgan fingerprint density at radius 3 is 2.59 bits per heavy atom. The Hall–Kier alpha value is -4.49. The second kappa shape index (κ2) is 12.0. The number of aromatic nitrogens is 2. The maximum absolute atomic E-state index is 11.9. The first-order valence-corrected chi connectivity index (χ1v) is 11.7. The second-order valence-electron chi connectivity index (χ2n) is 8.71. The van der Waals surface area contributed by atoms with E-state index in [1.54, 1.807) is 13.1 Å². The number of hydrogen-bond acceptors (Lipinski definition) is 9. The zero-order chi connectivity index (χ0) is 27.1. The fourth-order valence-corrected chi connectivity index (χ4v) is 3.87. The van der Waals surface area contributed by atoms with Gasteiger partial charge in [-0.25, -0.2) is 9.97 Å². The summed E-state index contributed by atoms with van der Waals surface area (Å²) < 4.78 is 5.54. The largest absolute Gasteiger partial charge is 0.494 e. The van der Waals surface area contributed by atoms with Crippen molar-refractivity contribution >= 4 is 28.6 Å². The molecule has 0 radical (unpaired) electrons. The molecule has 0 aliphatic carbocycles. The minimum Gasteiger partial charge on any atom is -0.494 e. The van der Waals surface area contributed by atoms with Crippen LogP contribution in [0.4, 0.5) is 23.0 Å². The smallest absolute Gasteiger partial charge is 0.294 e. The average molecular weight is 502 g/mol. The highest BCUT2D eigenvalue weighted by Gasteiger charge is 2.23. The summed E-state index contributed by atoms with van der Waals surface area (Å²) in [6, 6.07) is 13.0. The highest BCUT2D eigenvalue weighted by atomic mass is 16.6. The molecule has 10 heteroatoms. The van der Waals surface area contributed by atoms with Crippen molar-refractivity contribution in [1.29, 1.82) is 5.26 Å². The van der Waals surface area contributed by atoms with Crippen LogP contribution in [0.3, 0.4) is 0 Å². The number of rotatable bonds is 11. The Balaban J connectivity index is 2.03. The molecule has 1 aromatic heterocycles. The second-order valence-corrected chi connectivity index (χ2v) is 8.71. The van der Waals surface area contributed by atoms with Crippen molar-refractivity contribution < 1.29 is 9.66 Å². The molecule has 1 heterocycles. The number of nitro groups is 1. The Morgan fingerprint density at radius 1 is 1.24 bits per heavy atom. The molecule has 0 spiro atoms. The lowest BCUT2D eigenvalue weighted by atomic mass is 9.95. The summed E-state index contributed by atoms with van der Waals surface area (Å²) in [5.74, 6) is 0.549. The van der Waals surface area contributed by atoms with E-state index >= 15 is 0 Å². The summed E-state index contributed by atoms with van der Waals surface area (Å²) in [4.78, 5) is 24.1. The molecule has 37 heavy (non-hydrogen) atoms. The molecule has 0 fully saturated rings. The fraction of sp³-hybridized carbons (Fsp3) is 0.296. The summed E-state index contributed by atoms with van der Waals surface area (Å²) in [6.45, 7) is 7.56. The van der Waals surface area contributed by atoms with Crippen LogP contribution in [0.5, 0.6) is 5.75 Å². The van der Waals surface area contributed by atoms with Gasteiger partial charge in [0.1, 0.15) is 17.5 Å². The van der Waals surface area contributed by atoms with E-state index in [2.05, 4.69) is 27.9 Å². The molecule has 0 unspecified atom stereocenters. The zero-order valence-corrected chi connectivity index (χ0v) is 21.8. The lowest BCUT2D eigenvalue weighted by Crippen LogP contribution is -2.29. The molecule has 0 bridgehead atoms. The van der Waals surface area contributed by atoms with Crippen LogP contribution in [-0.2, 0) is 6.42 Å². The van der Waals surface area contributed by atoms with Crippen LogP contribution < -0.4 is 15.0 Å². The van der Waals surface area contributed by atoms with Gasteiger partial charge in [-0.05, 0) is 31.6 Å². The number of anilines is 3. The van der Waals surface area contributed by atoms with E-state index in [1.807, 2.05) is 55.1 Å². The zero-order valence-electron chi connectivity index (χ0n) is 21.8. The van der Waals surface area contributed by atoms with E-state index in [0.29, 0.717) is 34.9 Å². The molecule has 10 nitrogen and oxygen atoms in total. The predicted molar refractivity (Wildman–Crippen MR) is 145 cm³/mol. The van der Waals surface area contributed by atoms with Gasteiger partial charge < -0.3 is 19.9 Å². The molecule has 0 aliphatic rings. The number of likely N-dealkylation sites (N-methyl/N-ethyl adjacent to an activating group) is 2. The third-order valence-electron chi connectivity index (χ3n) is 5.95. The normalized spacial score (nSPS) is 10.6. The topological polar surface area (TPSA) is 120 Å². The summed E-state index contributed by atoms with van der Waals surface area (Å²) in [5.41, 5.74) is 3.90. The van der Waals surface area contributed by atoms with E-state index < -0.39 is 4.92 Å². The van der Waals surface area contributed by atoms with Crippen molar-refractivity contribution in [2.45, 2.75) is 13.3 Å². The maximum atomic E-state index is 11.9. The van der Waals surface area contributed by atoms with Gasteiger partial charge in [-0.2, -0.15) is 5.26 Å². The van der Waals surface area contributed by atoms with Crippen LogP contribution in [-0.4, -0.2) is 61.1 Å². The van der Waals surface area contributed by atoms with Gasteiger partial charge in [0.15, 0.2) is 0 Å². The minimum atomic E-state index is -0.430. The number of nitrogens with one attached hydrogen (secondary N) is 1. The molecule has 3 aromatic rings. The Kier molecular flexibility index (Phi) is 8.77. The maximum Gasteiger partial charge on any atom is 0.294 e. The molecule has 192 valence electrons. The quantitative estimate of drug-likeness (QED) is 0.296. The van der Waals surface area contributed by atoms with Crippen molar-refractivity contribution in [2.75, 3.05) is 51.6 Å². The van der Waals surface area contributed by atoms with Crippen LogP contribution in [0.15, 0.2) is 49.2 Å². The molecule has 0 atom stereocenters. The van der Waals surface area contributed by atoms with Crippen LogP contribution >= 0.6 is 0 Å². The number of hydrogen-bond donors (Lipinski definition) is 1. The standard InChI is InChI=1S/C27H31N7O3/c1-7-19-10-8-9-11-21(19)18(2)26-20(16-28)17-29-27(31-26)30-22-14-24(34(35)36)23(15-25(22)37-6)33(5)13-12-32(3)4/h8-11,14-15,17H,2,7,12-13H2,1,3-6H3,(H,29,30,31). The highest BCUT2D eigenvalue weighted by molar-refractivity contribution is 5.81. The monoisotopic (exact) mass is 501 g/mol. The summed E-state index contributed by atoms with van der Waals surface area (Å²) in [5, 5.41) is 24.6. The summed E-state index contributed by atoms with van der Waals surface area (Å²) >= 11 is 0. The molecule has 0 amide bonds. The van der Waals surface area contributed by atoms with Crippen molar-refractivity contribution in [2.24, 2.45) is 0 Å². The third kappa shape index (κ3) is 6.20. The van der Waals surface area contributed by atoms with E-state index in [1.165, 1.54) is 19.4 Å². The minimum absolute atomic E-state index is 0.0836. The molecular weight excluding hydrogens is 470 g/mol. The molecule has 0 aliphatic heterocycles. The first kappa shape index (κ1) is 27.1. The van der Waals surface area contributed by atoms with Gasteiger partial charge >= 0.3 is 0 Å². The van der Waals surface area contributed by atoms with Gasteiger partial charge in [-0.15, -0.1) is 0 Å². The van der Waals surface area contributed by atoms with E-state index in [0.717, 1.165) is 24.1 Å². The van der Waals surface area contributed by atoms with Crippen molar-refractivity contribution in [1.82, 2.24) is 14.9 Å². The van der Waals surface area contributed by atoms with Gasteiger partial charge in [0.2, 0.25) is 5.95 Å². The van der Waals surface area contributed by atoms with E-state index in [-0.39, 0.29) is 17.2 Å². The third-order valence-corrected chi connectivity index (χ3v) is 5.95. The predicted octanol–water partition coefficient (Wildman–Crippen LogP) is 4.63. The Labute approximate surface area is 217 Å². The van der Waals surface area contributed by atoms with Crippen molar-refractivity contribution in [3.8, 4) is 11.8 Å². The number of nitro benzene ring substituents is 1. The lowest BCUT2D eigenvalue weighted by molar-refractivity contribution is -0.384. The molecule has 0 saturated heterocycles. The number of nitriles is 1. The van der Waals surface area contributed by atoms with Gasteiger partial charge in [0.25, 0.3) is 5.69 Å². The number of methoxy groups -OCH3 is 1. The molecule has 2 aromatic carbocycles. The van der Waals surface area contributed by atoms with Crippen molar-refractivity contribution in [3.05, 3.63) is 81.7 Å². The van der Waals surface area contributed by atoms with Crippen LogP contribution in [0.1, 0.15) is 29.3 Å². The van der Waals surface area contributed by atoms with Gasteiger partial charge in [0.05, 0.1) is 35.2 Å². The summed E-state index contributed by atoms with van der Waals surface area (Å²) in [7, 11) is 7.17. The fourth-order valence-electron chi connectivity index (χ4n) is 3.87. The lowest BCUT2D eigenvalue weighted by Gasteiger charge is -2.22.